The molecular formula is C26H23Cl2FN6O5. The number of benzene rings is 2. The Hall–Kier alpha value is -4.13. The van der Waals surface area contributed by atoms with E-state index in [1.807, 2.05) is 0 Å². The third-order valence-electron chi connectivity index (χ3n) is 6.55. The molecule has 3 heterocycles. The van der Waals surface area contributed by atoms with E-state index >= 15 is 0 Å². The maximum absolute atomic E-state index is 14.7. The SMILES string of the molecule is Cn1cnc2c(c(-c3cc(Cl)c(O)c(C(N)=O)c3)cn2CC(=O)Nc2cc(N3CCOCC3)c(F)cc2Cl)c1=O. The third-order valence-corrected chi connectivity index (χ3v) is 7.15. The number of primary amides is 1. The molecule has 208 valence electrons. The molecule has 4 N–H and O–H groups in total. The molecule has 0 aliphatic carbocycles. The van der Waals surface area contributed by atoms with Gasteiger partial charge in [0, 0.05) is 31.9 Å². The Kier molecular flexibility index (Phi) is 7.41. The zero-order valence-corrected chi connectivity index (χ0v) is 22.6. The van der Waals surface area contributed by atoms with Gasteiger partial charge in [-0.25, -0.2) is 9.37 Å². The second kappa shape index (κ2) is 10.8. The number of ether oxygens (including phenoxy) is 1. The average molecular weight is 589 g/mol. The molecule has 1 fully saturated rings. The fourth-order valence-electron chi connectivity index (χ4n) is 4.57. The number of carbonyl (C=O) groups excluding carboxylic acids is 2. The van der Waals surface area contributed by atoms with Gasteiger partial charge in [-0.15, -0.1) is 0 Å². The highest BCUT2D eigenvalue weighted by Gasteiger charge is 2.22. The molecular weight excluding hydrogens is 566 g/mol. The number of anilines is 2. The Labute approximate surface area is 236 Å². The van der Waals surface area contributed by atoms with Gasteiger partial charge in [-0.2, -0.15) is 0 Å². The van der Waals surface area contributed by atoms with Crippen LogP contribution in [0.25, 0.3) is 22.2 Å². The molecule has 2 aromatic carbocycles. The van der Waals surface area contributed by atoms with E-state index in [2.05, 4.69) is 10.3 Å². The number of halogens is 3. The number of phenols is 1. The zero-order chi connectivity index (χ0) is 28.7. The Morgan fingerprint density at radius 3 is 2.60 bits per heavy atom. The van der Waals surface area contributed by atoms with Gasteiger partial charge >= 0.3 is 0 Å². The molecule has 0 unspecified atom stereocenters. The van der Waals surface area contributed by atoms with Gasteiger partial charge in [-0.1, -0.05) is 23.2 Å². The normalized spacial score (nSPS) is 13.6. The predicted molar refractivity (Wildman–Crippen MR) is 149 cm³/mol. The summed E-state index contributed by atoms with van der Waals surface area (Å²) < 4.78 is 22.7. The van der Waals surface area contributed by atoms with Crippen LogP contribution in [0.3, 0.4) is 0 Å². The van der Waals surface area contributed by atoms with Crippen molar-refractivity contribution < 1.29 is 23.8 Å². The molecule has 11 nitrogen and oxygen atoms in total. The summed E-state index contributed by atoms with van der Waals surface area (Å²) in [7, 11) is 1.52. The molecule has 14 heteroatoms. The fourth-order valence-corrected chi connectivity index (χ4v) is 4.99. The van der Waals surface area contributed by atoms with Crippen LogP contribution in [0.2, 0.25) is 10.0 Å². The van der Waals surface area contributed by atoms with E-state index in [-0.39, 0.29) is 44.6 Å². The van der Waals surface area contributed by atoms with Crippen LogP contribution in [-0.4, -0.2) is 57.3 Å². The zero-order valence-electron chi connectivity index (χ0n) is 21.1. The van der Waals surface area contributed by atoms with Gasteiger partial charge < -0.3 is 34.9 Å². The van der Waals surface area contributed by atoms with Crippen molar-refractivity contribution in [2.24, 2.45) is 12.8 Å². The number of hydrogen-bond acceptors (Lipinski definition) is 7. The highest BCUT2D eigenvalue weighted by molar-refractivity contribution is 6.34. The lowest BCUT2D eigenvalue weighted by atomic mass is 10.0. The van der Waals surface area contributed by atoms with E-state index in [1.54, 1.807) is 4.90 Å². The van der Waals surface area contributed by atoms with Gasteiger partial charge in [0.05, 0.1) is 51.9 Å². The Bertz CT molecular complexity index is 1730. The topological polar surface area (TPSA) is 145 Å². The standard InChI is InChI=1S/C26H23Cl2FN6O5/c1-33-12-31-25-22(26(33)39)15(13-6-14(24(30)38)23(37)17(28)7-13)10-35(25)11-21(36)32-19-9-20(18(29)8-16(19)27)34-2-4-40-5-3-34/h6-10,12,37H,2-5,11H2,1H3,(H2,30,38)(H,32,36). The number of carbonyl (C=O) groups is 2. The van der Waals surface area contributed by atoms with E-state index in [0.717, 1.165) is 6.07 Å². The Morgan fingerprint density at radius 2 is 1.90 bits per heavy atom. The van der Waals surface area contributed by atoms with E-state index in [0.29, 0.717) is 37.4 Å². The molecule has 2 aromatic heterocycles. The second-order valence-corrected chi connectivity index (χ2v) is 9.99. The molecule has 1 aliphatic rings. The third kappa shape index (κ3) is 5.08. The number of nitrogens with two attached hydrogens (primary N) is 1. The Balaban J connectivity index is 1.52. The van der Waals surface area contributed by atoms with Gasteiger partial charge in [-0.05, 0) is 29.8 Å². The molecule has 0 radical (unpaired) electrons. The second-order valence-electron chi connectivity index (χ2n) is 9.18. The molecule has 0 saturated carbocycles. The summed E-state index contributed by atoms with van der Waals surface area (Å²) in [5, 5.41) is 12.9. The van der Waals surface area contributed by atoms with Crippen LogP contribution in [0.5, 0.6) is 5.75 Å². The quantitative estimate of drug-likeness (QED) is 0.314. The summed E-state index contributed by atoms with van der Waals surface area (Å²) in [6.45, 7) is 1.59. The van der Waals surface area contributed by atoms with E-state index in [1.165, 1.54) is 46.9 Å². The molecule has 5 rings (SSSR count). The summed E-state index contributed by atoms with van der Waals surface area (Å²) in [5.41, 5.74) is 6.05. The number of aryl methyl sites for hydroxylation is 1. The highest BCUT2D eigenvalue weighted by Crippen LogP contribution is 2.36. The van der Waals surface area contributed by atoms with E-state index < -0.39 is 28.9 Å². The van der Waals surface area contributed by atoms with Gasteiger partial charge in [0.15, 0.2) is 0 Å². The van der Waals surface area contributed by atoms with Crippen molar-refractivity contribution in [3.8, 4) is 16.9 Å². The first-order valence-corrected chi connectivity index (χ1v) is 12.8. The van der Waals surface area contributed by atoms with Gasteiger partial charge in [-0.3, -0.25) is 14.4 Å². The molecule has 4 aromatic rings. The lowest BCUT2D eigenvalue weighted by molar-refractivity contribution is -0.116. The predicted octanol–water partition coefficient (Wildman–Crippen LogP) is 3.13. The summed E-state index contributed by atoms with van der Waals surface area (Å²) in [5.74, 6) is -2.44. The summed E-state index contributed by atoms with van der Waals surface area (Å²) >= 11 is 12.4. The van der Waals surface area contributed by atoms with Crippen LogP contribution < -0.4 is 21.5 Å². The van der Waals surface area contributed by atoms with E-state index in [9.17, 15) is 23.9 Å². The van der Waals surface area contributed by atoms with Crippen molar-refractivity contribution in [1.29, 1.82) is 0 Å². The van der Waals surface area contributed by atoms with Crippen molar-refractivity contribution in [3.63, 3.8) is 0 Å². The van der Waals surface area contributed by atoms with Crippen LogP contribution in [0.1, 0.15) is 10.4 Å². The highest BCUT2D eigenvalue weighted by atomic mass is 35.5. The van der Waals surface area contributed by atoms with Gasteiger partial charge in [0.25, 0.3) is 11.5 Å². The average Bonchev–Trinajstić information content (AvgIpc) is 3.28. The minimum Gasteiger partial charge on any atom is -0.506 e. The minimum absolute atomic E-state index is 0.0191. The molecule has 0 bridgehead atoms. The van der Waals surface area contributed by atoms with Crippen LogP contribution in [0.15, 0.2) is 41.6 Å². The monoisotopic (exact) mass is 588 g/mol. The lowest BCUT2D eigenvalue weighted by Gasteiger charge is -2.29. The summed E-state index contributed by atoms with van der Waals surface area (Å²) in [4.78, 5) is 44.3. The smallest absolute Gasteiger partial charge is 0.263 e. The van der Waals surface area contributed by atoms with Gasteiger partial charge in [0.2, 0.25) is 5.91 Å². The van der Waals surface area contributed by atoms with Crippen LogP contribution >= 0.6 is 23.2 Å². The lowest BCUT2D eigenvalue weighted by Crippen LogP contribution is -2.36. The first-order chi connectivity index (χ1) is 19.0. The van der Waals surface area contributed by atoms with Crippen molar-refractivity contribution in [1.82, 2.24) is 14.1 Å². The number of fused-ring (bicyclic) bond motifs is 1. The molecule has 1 saturated heterocycles. The van der Waals surface area contributed by atoms with Gasteiger partial charge in [0.1, 0.15) is 23.8 Å². The van der Waals surface area contributed by atoms with E-state index in [4.69, 9.17) is 33.7 Å². The summed E-state index contributed by atoms with van der Waals surface area (Å²) in [6, 6.07) is 5.29. The van der Waals surface area contributed by atoms with Crippen LogP contribution in [0, 0.1) is 5.82 Å². The molecule has 0 atom stereocenters. The first kappa shape index (κ1) is 27.4. The number of nitrogens with one attached hydrogen (secondary N) is 1. The number of aromatic hydroxyl groups is 1. The molecule has 2 amide bonds. The Morgan fingerprint density at radius 1 is 1.18 bits per heavy atom. The first-order valence-electron chi connectivity index (χ1n) is 12.0. The number of amides is 2. The van der Waals surface area contributed by atoms with Crippen molar-refractivity contribution in [2.45, 2.75) is 6.54 Å². The van der Waals surface area contributed by atoms with Crippen molar-refractivity contribution in [3.05, 3.63) is 68.6 Å². The van der Waals surface area contributed by atoms with Crippen molar-refractivity contribution >= 4 is 57.4 Å². The fraction of sp³-hybridized carbons (Fsp3) is 0.231. The maximum atomic E-state index is 14.7. The maximum Gasteiger partial charge on any atom is 0.263 e. The molecule has 1 aliphatic heterocycles. The number of morpholine rings is 1. The van der Waals surface area contributed by atoms with Crippen LogP contribution in [0.4, 0.5) is 15.8 Å². The van der Waals surface area contributed by atoms with Crippen molar-refractivity contribution in [2.75, 3.05) is 36.5 Å². The number of nitrogens with zero attached hydrogens (tertiary/aromatic N) is 4. The number of rotatable bonds is 6. The number of aromatic nitrogens is 3. The summed E-state index contributed by atoms with van der Waals surface area (Å²) in [6.07, 6.45) is 2.82. The molecule has 0 spiro atoms. The van der Waals surface area contributed by atoms with Crippen LogP contribution in [-0.2, 0) is 23.1 Å². The number of hydrogen-bond donors (Lipinski definition) is 3. The largest absolute Gasteiger partial charge is 0.506 e. The minimum atomic E-state index is -0.914. The molecule has 40 heavy (non-hydrogen) atoms.